The summed E-state index contributed by atoms with van der Waals surface area (Å²) in [5.41, 5.74) is 0.0968. The van der Waals surface area contributed by atoms with Gasteiger partial charge in [-0.05, 0) is 35.6 Å². The van der Waals surface area contributed by atoms with Crippen LogP contribution in [-0.4, -0.2) is 4.98 Å². The fraction of sp³-hybridized carbons (Fsp3) is 0.250. The largest absolute Gasteiger partial charge is 0.265 e. The third-order valence-electron chi connectivity index (χ3n) is 1.55. The monoisotopic (exact) mass is 294 g/mol. The Labute approximate surface area is 87.7 Å². The van der Waals surface area contributed by atoms with Crippen molar-refractivity contribution >= 4 is 22.6 Å². The molecule has 0 atom stereocenters. The Balaban J connectivity index is 3.41. The molecule has 0 N–H and O–H groups in total. The lowest BCUT2D eigenvalue weighted by Gasteiger charge is -2.05. The highest BCUT2D eigenvalue weighted by atomic mass is 127. The van der Waals surface area contributed by atoms with E-state index in [4.69, 9.17) is 5.26 Å². The van der Waals surface area contributed by atoms with E-state index in [1.54, 1.807) is 13.0 Å². The van der Waals surface area contributed by atoms with Crippen molar-refractivity contribution in [3.05, 3.63) is 26.6 Å². The lowest BCUT2D eigenvalue weighted by molar-refractivity contribution is 0.150. The van der Waals surface area contributed by atoms with E-state index in [0.29, 0.717) is 9.39 Å². The number of rotatable bonds is 1. The summed E-state index contributed by atoms with van der Waals surface area (Å²) >= 11 is 1.84. The molecule has 0 spiro atoms. The van der Waals surface area contributed by atoms with Gasteiger partial charge in [-0.1, -0.05) is 0 Å². The number of alkyl halides is 2. The van der Waals surface area contributed by atoms with Crippen LogP contribution in [0.5, 0.6) is 0 Å². The Morgan fingerprint density at radius 2 is 2.23 bits per heavy atom. The normalized spacial score (nSPS) is 10.2. The van der Waals surface area contributed by atoms with Gasteiger partial charge in [-0.15, -0.1) is 0 Å². The predicted molar refractivity (Wildman–Crippen MR) is 51.4 cm³/mol. The maximum Gasteiger partial charge on any atom is 0.265 e. The summed E-state index contributed by atoms with van der Waals surface area (Å²) in [5.74, 6) is 0. The van der Waals surface area contributed by atoms with Gasteiger partial charge < -0.3 is 0 Å². The average Bonchev–Trinajstić information content (AvgIpc) is 2.02. The fourth-order valence-corrected chi connectivity index (χ4v) is 1.67. The molecule has 2 nitrogen and oxygen atoms in total. The molecular formula is C8H5F2IN2. The zero-order chi connectivity index (χ0) is 10.0. The molecule has 0 saturated carbocycles. The van der Waals surface area contributed by atoms with Gasteiger partial charge in [-0.2, -0.15) is 5.26 Å². The summed E-state index contributed by atoms with van der Waals surface area (Å²) in [4.78, 5) is 3.92. The first-order valence-electron chi connectivity index (χ1n) is 3.41. The van der Waals surface area contributed by atoms with Crippen LogP contribution in [0.25, 0.3) is 0 Å². The first-order chi connectivity index (χ1) is 6.06. The van der Waals surface area contributed by atoms with Crippen LogP contribution in [0.1, 0.15) is 23.2 Å². The summed E-state index contributed by atoms with van der Waals surface area (Å²) in [5, 5.41) is 8.61. The lowest BCUT2D eigenvalue weighted by Crippen LogP contribution is -1.98. The van der Waals surface area contributed by atoms with Gasteiger partial charge in [0.25, 0.3) is 6.43 Å². The highest BCUT2D eigenvalue weighted by Crippen LogP contribution is 2.25. The zero-order valence-corrected chi connectivity index (χ0v) is 8.84. The fourth-order valence-electron chi connectivity index (χ4n) is 0.975. The Morgan fingerprint density at radius 3 is 2.69 bits per heavy atom. The second-order valence-electron chi connectivity index (χ2n) is 2.41. The first kappa shape index (κ1) is 10.3. The van der Waals surface area contributed by atoms with Crippen LogP contribution in [-0.2, 0) is 0 Å². The van der Waals surface area contributed by atoms with Gasteiger partial charge in [0, 0.05) is 5.56 Å². The molecule has 0 unspecified atom stereocenters. The van der Waals surface area contributed by atoms with E-state index in [9.17, 15) is 8.78 Å². The number of hydrogen-bond donors (Lipinski definition) is 0. The van der Waals surface area contributed by atoms with E-state index in [2.05, 4.69) is 4.98 Å². The van der Waals surface area contributed by atoms with E-state index in [0.717, 1.165) is 0 Å². The molecule has 1 rings (SSSR count). The van der Waals surface area contributed by atoms with Gasteiger partial charge in [-0.3, -0.25) is 0 Å². The zero-order valence-electron chi connectivity index (χ0n) is 6.68. The molecule has 13 heavy (non-hydrogen) atoms. The number of aromatic nitrogens is 1. The van der Waals surface area contributed by atoms with Crippen molar-refractivity contribution in [1.29, 1.82) is 5.26 Å². The number of nitriles is 1. The van der Waals surface area contributed by atoms with E-state index in [1.807, 2.05) is 22.6 Å². The second-order valence-corrected chi connectivity index (χ2v) is 3.51. The van der Waals surface area contributed by atoms with Crippen molar-refractivity contribution in [3.63, 3.8) is 0 Å². The molecular weight excluding hydrogens is 289 g/mol. The summed E-state index contributed by atoms with van der Waals surface area (Å²) < 4.78 is 25.3. The molecule has 5 heteroatoms. The number of aryl methyl sites for hydroxylation is 1. The number of halogens is 3. The quantitative estimate of drug-likeness (QED) is 0.590. The van der Waals surface area contributed by atoms with E-state index >= 15 is 0 Å². The van der Waals surface area contributed by atoms with Crippen LogP contribution in [0.3, 0.4) is 0 Å². The number of pyridine rings is 1. The maximum absolute atomic E-state index is 12.4. The topological polar surface area (TPSA) is 36.7 Å². The van der Waals surface area contributed by atoms with Crippen molar-refractivity contribution in [2.45, 2.75) is 13.3 Å². The molecule has 0 aliphatic rings. The van der Waals surface area contributed by atoms with Crippen LogP contribution in [0.2, 0.25) is 0 Å². The number of nitrogens with zero attached hydrogens (tertiary/aromatic N) is 2. The number of hydrogen-bond acceptors (Lipinski definition) is 2. The van der Waals surface area contributed by atoms with Gasteiger partial charge in [0.15, 0.2) is 0 Å². The van der Waals surface area contributed by atoms with Crippen LogP contribution < -0.4 is 0 Å². The molecule has 0 fully saturated rings. The summed E-state index contributed by atoms with van der Waals surface area (Å²) in [6, 6.07) is 2.96. The van der Waals surface area contributed by atoms with Crippen LogP contribution >= 0.6 is 22.6 Å². The third-order valence-corrected chi connectivity index (χ3v) is 2.10. The van der Waals surface area contributed by atoms with Crippen molar-refractivity contribution < 1.29 is 8.78 Å². The standard InChI is InChI=1S/C8H5F2IN2/c1-4-6(3-12)5(8(9)10)2-7(11)13-4/h2,8H,1H3. The van der Waals surface area contributed by atoms with Crippen molar-refractivity contribution in [2.75, 3.05) is 0 Å². The Bertz CT molecular complexity index is 371. The minimum absolute atomic E-state index is 0.0181. The molecule has 0 aromatic carbocycles. The molecule has 1 aromatic rings. The molecule has 1 heterocycles. The predicted octanol–water partition coefficient (Wildman–Crippen LogP) is 2.80. The maximum atomic E-state index is 12.4. The third kappa shape index (κ3) is 2.12. The highest BCUT2D eigenvalue weighted by Gasteiger charge is 2.16. The van der Waals surface area contributed by atoms with Crippen LogP contribution in [0, 0.1) is 22.0 Å². The first-order valence-corrected chi connectivity index (χ1v) is 4.49. The summed E-state index contributed by atoms with van der Waals surface area (Å²) in [6.07, 6.45) is -2.62. The minimum Gasteiger partial charge on any atom is -0.246 e. The smallest absolute Gasteiger partial charge is 0.246 e. The molecule has 0 radical (unpaired) electrons. The minimum atomic E-state index is -2.62. The lowest BCUT2D eigenvalue weighted by atomic mass is 10.1. The Hall–Kier alpha value is -0.770. The molecule has 0 bridgehead atoms. The van der Waals surface area contributed by atoms with Gasteiger partial charge in [0.05, 0.1) is 11.3 Å². The van der Waals surface area contributed by atoms with E-state index in [1.165, 1.54) is 6.07 Å². The molecule has 0 saturated heterocycles. The highest BCUT2D eigenvalue weighted by molar-refractivity contribution is 14.1. The van der Waals surface area contributed by atoms with Gasteiger partial charge in [0.1, 0.15) is 9.77 Å². The van der Waals surface area contributed by atoms with E-state index < -0.39 is 6.43 Å². The molecule has 68 valence electrons. The average molecular weight is 294 g/mol. The SMILES string of the molecule is Cc1nc(I)cc(C(F)F)c1C#N. The summed E-state index contributed by atoms with van der Waals surface area (Å²) in [7, 11) is 0. The van der Waals surface area contributed by atoms with Crippen molar-refractivity contribution in [3.8, 4) is 6.07 Å². The van der Waals surface area contributed by atoms with Gasteiger partial charge in [-0.25, -0.2) is 13.8 Å². The van der Waals surface area contributed by atoms with Gasteiger partial charge >= 0.3 is 0 Å². The van der Waals surface area contributed by atoms with Crippen LogP contribution in [0.4, 0.5) is 8.78 Å². The summed E-state index contributed by atoms with van der Waals surface area (Å²) in [6.45, 7) is 1.55. The van der Waals surface area contributed by atoms with Crippen molar-refractivity contribution in [2.24, 2.45) is 0 Å². The molecule has 0 amide bonds. The van der Waals surface area contributed by atoms with E-state index in [-0.39, 0.29) is 11.1 Å². The molecule has 1 aromatic heterocycles. The van der Waals surface area contributed by atoms with Crippen molar-refractivity contribution in [1.82, 2.24) is 4.98 Å². The Morgan fingerprint density at radius 1 is 1.62 bits per heavy atom. The molecule has 0 aliphatic heterocycles. The van der Waals surface area contributed by atoms with Crippen LogP contribution in [0.15, 0.2) is 6.07 Å². The molecule has 0 aliphatic carbocycles. The van der Waals surface area contributed by atoms with Gasteiger partial charge in [0.2, 0.25) is 0 Å². The second kappa shape index (κ2) is 3.96. The Kier molecular flexibility index (Phi) is 3.14.